The summed E-state index contributed by atoms with van der Waals surface area (Å²) in [7, 11) is 0. The molecule has 0 aliphatic heterocycles. The highest BCUT2D eigenvalue weighted by atomic mass is 16.6. The molecule has 0 bridgehead atoms. The van der Waals surface area contributed by atoms with Crippen molar-refractivity contribution < 1.29 is 9.53 Å². The van der Waals surface area contributed by atoms with Crippen LogP contribution in [0.1, 0.15) is 72.6 Å². The van der Waals surface area contributed by atoms with Crippen LogP contribution in [0.4, 0.5) is 0 Å². The summed E-state index contributed by atoms with van der Waals surface area (Å²) in [5, 5.41) is 0. The summed E-state index contributed by atoms with van der Waals surface area (Å²) in [5.41, 5.74) is 5.98. The van der Waals surface area contributed by atoms with Crippen molar-refractivity contribution in [3.05, 3.63) is 0 Å². The van der Waals surface area contributed by atoms with E-state index in [2.05, 4.69) is 6.92 Å². The highest BCUT2D eigenvalue weighted by Gasteiger charge is 2.34. The zero-order valence-corrected chi connectivity index (χ0v) is 13.1. The van der Waals surface area contributed by atoms with E-state index in [9.17, 15) is 4.79 Å². The predicted molar refractivity (Wildman–Crippen MR) is 78.8 cm³/mol. The number of nitrogens with two attached hydrogens (primary N) is 1. The second kappa shape index (κ2) is 7.28. The Labute approximate surface area is 118 Å². The van der Waals surface area contributed by atoms with Gasteiger partial charge in [0.05, 0.1) is 5.92 Å². The summed E-state index contributed by atoms with van der Waals surface area (Å²) in [4.78, 5) is 12.3. The maximum Gasteiger partial charge on any atom is 0.311 e. The first-order valence-electron chi connectivity index (χ1n) is 7.83. The SMILES string of the molecule is CCCC(C(=O)OC(C)(C)C)C(N)C1CCCCC1. The molecule has 19 heavy (non-hydrogen) atoms. The molecule has 0 aromatic rings. The predicted octanol–water partition coefficient (Wildman–Crippen LogP) is 3.65. The standard InChI is InChI=1S/C16H31NO2/c1-5-9-13(15(18)19-16(2,3)4)14(17)12-10-7-6-8-11-12/h12-14H,5-11,17H2,1-4H3. The number of hydrogen-bond donors (Lipinski definition) is 1. The topological polar surface area (TPSA) is 52.3 Å². The van der Waals surface area contributed by atoms with Crippen molar-refractivity contribution in [3.8, 4) is 0 Å². The minimum absolute atomic E-state index is 0.0323. The van der Waals surface area contributed by atoms with Crippen molar-refractivity contribution >= 4 is 5.97 Å². The van der Waals surface area contributed by atoms with Gasteiger partial charge < -0.3 is 10.5 Å². The summed E-state index contributed by atoms with van der Waals surface area (Å²) >= 11 is 0. The highest BCUT2D eigenvalue weighted by molar-refractivity contribution is 5.73. The minimum atomic E-state index is -0.421. The molecule has 0 amide bonds. The fourth-order valence-corrected chi connectivity index (χ4v) is 3.00. The molecule has 2 atom stereocenters. The molecule has 0 spiro atoms. The molecule has 2 N–H and O–H groups in total. The Bertz CT molecular complexity index is 277. The number of rotatable bonds is 5. The first kappa shape index (κ1) is 16.5. The Kier molecular flexibility index (Phi) is 6.31. The van der Waals surface area contributed by atoms with Crippen LogP contribution in [0.15, 0.2) is 0 Å². The van der Waals surface area contributed by atoms with Crippen molar-refractivity contribution in [2.75, 3.05) is 0 Å². The summed E-state index contributed by atoms with van der Waals surface area (Å²) in [5.74, 6) is 0.262. The first-order chi connectivity index (χ1) is 8.85. The molecule has 3 heteroatoms. The molecule has 2 unspecified atom stereocenters. The summed E-state index contributed by atoms with van der Waals surface area (Å²) in [6.45, 7) is 7.85. The lowest BCUT2D eigenvalue weighted by Crippen LogP contribution is -2.44. The second-order valence-electron chi connectivity index (χ2n) is 6.90. The van der Waals surface area contributed by atoms with E-state index in [1.54, 1.807) is 0 Å². The van der Waals surface area contributed by atoms with Crippen LogP contribution < -0.4 is 5.73 Å². The summed E-state index contributed by atoms with van der Waals surface area (Å²) in [6.07, 6.45) is 7.98. The largest absolute Gasteiger partial charge is 0.460 e. The smallest absolute Gasteiger partial charge is 0.311 e. The molecule has 112 valence electrons. The lowest BCUT2D eigenvalue weighted by molar-refractivity contribution is -0.161. The molecular formula is C16H31NO2. The molecule has 1 aliphatic rings. The van der Waals surface area contributed by atoms with E-state index >= 15 is 0 Å². The molecule has 1 fully saturated rings. The quantitative estimate of drug-likeness (QED) is 0.775. The third kappa shape index (κ3) is 5.52. The van der Waals surface area contributed by atoms with Gasteiger partial charge in [0.2, 0.25) is 0 Å². The molecule has 1 saturated carbocycles. The Morgan fingerprint density at radius 3 is 2.32 bits per heavy atom. The van der Waals surface area contributed by atoms with Crippen molar-refractivity contribution in [1.29, 1.82) is 0 Å². The van der Waals surface area contributed by atoms with E-state index < -0.39 is 5.60 Å². The monoisotopic (exact) mass is 269 g/mol. The molecule has 0 aromatic heterocycles. The van der Waals surface area contributed by atoms with Gasteiger partial charge in [-0.15, -0.1) is 0 Å². The number of carbonyl (C=O) groups is 1. The van der Waals surface area contributed by atoms with E-state index in [4.69, 9.17) is 10.5 Å². The van der Waals surface area contributed by atoms with Crippen LogP contribution in [-0.2, 0) is 9.53 Å². The Morgan fingerprint density at radius 1 is 1.26 bits per heavy atom. The fraction of sp³-hybridized carbons (Fsp3) is 0.938. The Balaban J connectivity index is 2.66. The minimum Gasteiger partial charge on any atom is -0.460 e. The van der Waals surface area contributed by atoms with Crippen molar-refractivity contribution in [1.82, 2.24) is 0 Å². The van der Waals surface area contributed by atoms with Crippen LogP contribution in [0.5, 0.6) is 0 Å². The van der Waals surface area contributed by atoms with Gasteiger partial charge in [0.1, 0.15) is 5.60 Å². The van der Waals surface area contributed by atoms with Gasteiger partial charge in [0.25, 0.3) is 0 Å². The second-order valence-corrected chi connectivity index (χ2v) is 6.90. The molecule has 1 aliphatic carbocycles. The van der Waals surface area contributed by atoms with Gasteiger partial charge in [-0.1, -0.05) is 32.6 Å². The lowest BCUT2D eigenvalue weighted by atomic mass is 9.78. The number of carbonyl (C=O) groups excluding carboxylic acids is 1. The molecule has 0 heterocycles. The van der Waals surface area contributed by atoms with Crippen LogP contribution in [0.3, 0.4) is 0 Å². The van der Waals surface area contributed by atoms with Crippen LogP contribution in [0.25, 0.3) is 0 Å². The third-order valence-corrected chi connectivity index (χ3v) is 3.97. The maximum absolute atomic E-state index is 12.3. The average molecular weight is 269 g/mol. The number of ether oxygens (including phenoxy) is 1. The van der Waals surface area contributed by atoms with Gasteiger partial charge in [-0.25, -0.2) is 0 Å². The molecule has 1 rings (SSSR count). The fourth-order valence-electron chi connectivity index (χ4n) is 3.00. The lowest BCUT2D eigenvalue weighted by Gasteiger charge is -2.33. The maximum atomic E-state index is 12.3. The van der Waals surface area contributed by atoms with Gasteiger partial charge in [0.15, 0.2) is 0 Å². The number of hydrogen-bond acceptors (Lipinski definition) is 3. The average Bonchev–Trinajstić information content (AvgIpc) is 2.34. The number of esters is 1. The van der Waals surface area contributed by atoms with Crippen molar-refractivity contribution in [2.45, 2.75) is 84.3 Å². The van der Waals surface area contributed by atoms with Gasteiger partial charge in [-0.3, -0.25) is 4.79 Å². The van der Waals surface area contributed by atoms with E-state index in [1.165, 1.54) is 32.1 Å². The van der Waals surface area contributed by atoms with E-state index in [-0.39, 0.29) is 17.9 Å². The molecular weight excluding hydrogens is 238 g/mol. The van der Waals surface area contributed by atoms with Crippen LogP contribution in [0.2, 0.25) is 0 Å². The van der Waals surface area contributed by atoms with Gasteiger partial charge in [-0.2, -0.15) is 0 Å². The van der Waals surface area contributed by atoms with Crippen molar-refractivity contribution in [3.63, 3.8) is 0 Å². The van der Waals surface area contributed by atoms with Crippen LogP contribution in [0, 0.1) is 11.8 Å². The van der Waals surface area contributed by atoms with E-state index in [0.29, 0.717) is 5.92 Å². The van der Waals surface area contributed by atoms with Gasteiger partial charge >= 0.3 is 5.97 Å². The zero-order chi connectivity index (χ0) is 14.5. The summed E-state index contributed by atoms with van der Waals surface area (Å²) < 4.78 is 5.55. The zero-order valence-electron chi connectivity index (χ0n) is 13.1. The normalized spacial score (nSPS) is 20.9. The van der Waals surface area contributed by atoms with E-state index in [1.807, 2.05) is 20.8 Å². The van der Waals surface area contributed by atoms with Crippen molar-refractivity contribution in [2.24, 2.45) is 17.6 Å². The molecule has 0 aromatic carbocycles. The van der Waals surface area contributed by atoms with Crippen LogP contribution in [-0.4, -0.2) is 17.6 Å². The Morgan fingerprint density at radius 2 is 1.84 bits per heavy atom. The molecule has 0 saturated heterocycles. The van der Waals surface area contributed by atoms with Gasteiger partial charge in [0, 0.05) is 6.04 Å². The highest BCUT2D eigenvalue weighted by Crippen LogP contribution is 2.31. The molecule has 3 nitrogen and oxygen atoms in total. The third-order valence-electron chi connectivity index (χ3n) is 3.97. The first-order valence-corrected chi connectivity index (χ1v) is 7.83. The Hall–Kier alpha value is -0.570. The van der Waals surface area contributed by atoms with Gasteiger partial charge in [-0.05, 0) is 46.0 Å². The molecule has 0 radical (unpaired) electrons. The van der Waals surface area contributed by atoms with Crippen LogP contribution >= 0.6 is 0 Å². The summed E-state index contributed by atoms with van der Waals surface area (Å²) in [6, 6.07) is -0.0323. The van der Waals surface area contributed by atoms with E-state index in [0.717, 1.165) is 12.8 Å².